The Labute approximate surface area is 314 Å². The second-order valence-electron chi connectivity index (χ2n) is 18.7. The van der Waals surface area contributed by atoms with Gasteiger partial charge >= 0.3 is 5.97 Å². The minimum Gasteiger partial charge on any atom is -0.481 e. The first-order valence-electron chi connectivity index (χ1n) is 20.7. The first-order chi connectivity index (χ1) is 25.5. The van der Waals surface area contributed by atoms with Crippen LogP contribution in [-0.4, -0.2) is 69.4 Å². The molecule has 5 aliphatic heterocycles. The molecule has 284 valence electrons. The molecule has 8 nitrogen and oxygen atoms in total. The van der Waals surface area contributed by atoms with E-state index in [0.29, 0.717) is 48.5 Å². The van der Waals surface area contributed by atoms with Gasteiger partial charge in [-0.15, -0.1) is 0 Å². The summed E-state index contributed by atoms with van der Waals surface area (Å²) in [6.45, 7) is 4.56. The molecular weight excluding hydrogens is 661 g/mol. The number of aliphatic carboxylic acids is 1. The molecule has 8 aliphatic rings. The molecule has 3 fully saturated rings. The van der Waals surface area contributed by atoms with Crippen molar-refractivity contribution < 1.29 is 20.1 Å². The lowest BCUT2D eigenvalue weighted by molar-refractivity contribution is -0.143. The average Bonchev–Trinajstić information content (AvgIpc) is 3.12. The number of carbonyl (C=O) groups is 1. The van der Waals surface area contributed by atoms with E-state index in [4.69, 9.17) is 5.73 Å². The van der Waals surface area contributed by atoms with Crippen molar-refractivity contribution in [1.82, 2.24) is 16.0 Å². The van der Waals surface area contributed by atoms with Crippen LogP contribution in [0.15, 0.2) is 54.6 Å². The second kappa shape index (κ2) is 13.7. The number of hydrogen-bond acceptors (Lipinski definition) is 7. The van der Waals surface area contributed by atoms with Crippen LogP contribution < -0.4 is 21.7 Å². The summed E-state index contributed by atoms with van der Waals surface area (Å²) in [6, 6.07) is 21.8. The third-order valence-corrected chi connectivity index (χ3v) is 15.1. The highest BCUT2D eigenvalue weighted by atomic mass is 16.4. The van der Waals surface area contributed by atoms with E-state index in [1.807, 2.05) is 0 Å². The van der Waals surface area contributed by atoms with Gasteiger partial charge in [-0.1, -0.05) is 54.6 Å². The van der Waals surface area contributed by atoms with Gasteiger partial charge in [0, 0.05) is 36.1 Å². The van der Waals surface area contributed by atoms with E-state index < -0.39 is 11.6 Å². The van der Waals surface area contributed by atoms with Crippen molar-refractivity contribution in [3.8, 4) is 0 Å². The van der Waals surface area contributed by atoms with Crippen LogP contribution >= 0.6 is 0 Å². The van der Waals surface area contributed by atoms with E-state index in [1.54, 1.807) is 5.56 Å². The van der Waals surface area contributed by atoms with E-state index in [-0.39, 0.29) is 48.8 Å². The van der Waals surface area contributed by atoms with Crippen LogP contribution in [0.2, 0.25) is 0 Å². The van der Waals surface area contributed by atoms with Gasteiger partial charge in [0.15, 0.2) is 0 Å². The van der Waals surface area contributed by atoms with Gasteiger partial charge in [0.1, 0.15) is 0 Å². The van der Waals surface area contributed by atoms with Crippen molar-refractivity contribution in [3.05, 3.63) is 82.4 Å². The minimum atomic E-state index is -1.37. The van der Waals surface area contributed by atoms with Crippen molar-refractivity contribution in [2.75, 3.05) is 6.54 Å². The average molecular weight is 721 g/mol. The van der Waals surface area contributed by atoms with E-state index in [1.165, 1.54) is 52.3 Å². The molecule has 0 spiro atoms. The minimum absolute atomic E-state index is 0.125. The molecule has 3 aromatic carbocycles. The van der Waals surface area contributed by atoms with E-state index in [0.717, 1.165) is 38.5 Å². The largest absolute Gasteiger partial charge is 0.481 e. The normalized spacial score (nSPS) is 41.1. The van der Waals surface area contributed by atoms with Crippen LogP contribution in [0.25, 0.3) is 10.8 Å². The summed E-state index contributed by atoms with van der Waals surface area (Å²) in [5, 5.41) is 46.7. The van der Waals surface area contributed by atoms with Crippen molar-refractivity contribution >= 4 is 16.7 Å². The van der Waals surface area contributed by atoms with E-state index in [2.05, 4.69) is 84.4 Å². The third-order valence-electron chi connectivity index (χ3n) is 15.1. The van der Waals surface area contributed by atoms with Crippen molar-refractivity contribution in [3.63, 3.8) is 0 Å². The lowest BCUT2D eigenvalue weighted by Gasteiger charge is -2.53. The Morgan fingerprint density at radius 2 is 1.79 bits per heavy atom. The maximum Gasteiger partial charge on any atom is 0.306 e. The Bertz CT molecular complexity index is 1870. The van der Waals surface area contributed by atoms with Crippen LogP contribution in [0.3, 0.4) is 0 Å². The van der Waals surface area contributed by atoms with Crippen molar-refractivity contribution in [1.29, 1.82) is 0 Å². The Kier molecular flexibility index (Phi) is 9.27. The fraction of sp³-hybridized carbons (Fsp3) is 0.622. The molecular formula is C45H60N4O4. The summed E-state index contributed by atoms with van der Waals surface area (Å²) in [6.07, 6.45) is 9.38. The van der Waals surface area contributed by atoms with Crippen LogP contribution in [0.1, 0.15) is 130 Å². The molecule has 3 aliphatic carbocycles. The zero-order valence-corrected chi connectivity index (χ0v) is 31.6. The fourth-order valence-electron chi connectivity index (χ4n) is 12.7. The monoisotopic (exact) mass is 720 g/mol. The van der Waals surface area contributed by atoms with Crippen LogP contribution in [0, 0.1) is 17.8 Å². The number of rotatable bonds is 3. The van der Waals surface area contributed by atoms with Crippen LogP contribution in [-0.2, 0) is 11.2 Å². The number of carboxylic acids is 1. The maximum absolute atomic E-state index is 12.3. The predicted octanol–water partition coefficient (Wildman–Crippen LogP) is 6.02. The SMILES string of the molecule is CC1NC(C2CCC3C4CC5CCC(O)(CC(=O)O)CNC6(C)CC(N)NC(Cc7cccc(c7)C(c7ccc8cccc5c8c74)C3C2)C6)CCC1O. The molecule has 13 atom stereocenters. The summed E-state index contributed by atoms with van der Waals surface area (Å²) < 4.78 is 0. The number of β-amino-alcohol motifs (C(OH)–C–C–N with tert-alkyl or cyclic N) is 1. The second-order valence-corrected chi connectivity index (χ2v) is 18.7. The molecule has 53 heavy (non-hydrogen) atoms. The summed E-state index contributed by atoms with van der Waals surface area (Å²) in [4.78, 5) is 12.3. The standard InChI is InChI=1S/C45H60N4O4/c1-25-38(50)14-13-37(48-25)29-10-11-33-35(20-29)41-30-7-3-5-26(17-30)18-31-21-44(2,22-39(46)49-31)47-24-45(53,23-40(51)52)16-15-28-19-36(33)43-34(41)12-9-27-6-4-8-32(28)42(27)43/h3-9,12,17,25,28-29,31,33,35-39,41,47-50,53H,10-11,13-16,18-24,46H2,1-2H3,(H,51,52). The zero-order valence-electron chi connectivity index (χ0n) is 31.6. The number of piperidine rings is 2. The molecule has 0 amide bonds. The van der Waals surface area contributed by atoms with Gasteiger partial charge in [-0.2, -0.15) is 0 Å². The maximum atomic E-state index is 12.3. The smallest absolute Gasteiger partial charge is 0.306 e. The first-order valence-corrected chi connectivity index (χ1v) is 20.7. The Morgan fingerprint density at radius 1 is 0.943 bits per heavy atom. The lowest BCUT2D eigenvalue weighted by Crippen LogP contribution is -2.63. The first kappa shape index (κ1) is 35.8. The van der Waals surface area contributed by atoms with Crippen LogP contribution in [0.4, 0.5) is 0 Å². The fourth-order valence-corrected chi connectivity index (χ4v) is 12.7. The van der Waals surface area contributed by atoms with Crippen LogP contribution in [0.5, 0.6) is 0 Å². The van der Waals surface area contributed by atoms with Gasteiger partial charge in [-0.25, -0.2) is 0 Å². The molecule has 2 saturated heterocycles. The highest BCUT2D eigenvalue weighted by Crippen LogP contribution is 2.62. The number of benzene rings is 3. The van der Waals surface area contributed by atoms with E-state index in [9.17, 15) is 20.1 Å². The van der Waals surface area contributed by atoms with Gasteiger partial charge in [-0.3, -0.25) is 10.1 Å². The quantitative estimate of drug-likeness (QED) is 0.175. The molecule has 3 aromatic rings. The lowest BCUT2D eigenvalue weighted by atomic mass is 9.52. The van der Waals surface area contributed by atoms with Crippen molar-refractivity contribution in [2.24, 2.45) is 23.5 Å². The Morgan fingerprint density at radius 3 is 2.62 bits per heavy atom. The molecule has 5 heterocycles. The molecule has 0 aromatic heterocycles. The molecule has 11 rings (SSSR count). The third kappa shape index (κ3) is 6.65. The number of carboxylic acid groups (broad SMARTS) is 1. The summed E-state index contributed by atoms with van der Waals surface area (Å²) in [7, 11) is 0. The summed E-state index contributed by atoms with van der Waals surface area (Å²) >= 11 is 0. The van der Waals surface area contributed by atoms with Gasteiger partial charge in [0.2, 0.25) is 0 Å². The van der Waals surface area contributed by atoms with Gasteiger partial charge in [0.05, 0.1) is 24.3 Å². The van der Waals surface area contributed by atoms with Crippen molar-refractivity contribution in [2.45, 2.75) is 150 Å². The van der Waals surface area contributed by atoms with Gasteiger partial charge in [-0.05, 0) is 153 Å². The molecule has 1 saturated carbocycles. The molecule has 8 heteroatoms. The van der Waals surface area contributed by atoms with Gasteiger partial charge < -0.3 is 31.7 Å². The topological polar surface area (TPSA) is 140 Å². The zero-order chi connectivity index (χ0) is 36.6. The van der Waals surface area contributed by atoms with E-state index >= 15 is 0 Å². The number of hydrogen-bond donors (Lipinski definition) is 7. The molecule has 8 N–H and O–H groups in total. The number of nitrogens with two attached hydrogens (primary N) is 1. The number of aliphatic hydroxyl groups excluding tert-OH is 1. The number of nitrogens with one attached hydrogen (secondary N) is 3. The molecule has 10 bridgehead atoms. The van der Waals surface area contributed by atoms with Gasteiger partial charge in [0.25, 0.3) is 0 Å². The molecule has 13 unspecified atom stereocenters. The molecule has 0 radical (unpaired) electrons. The Balaban J connectivity index is 1.18. The highest BCUT2D eigenvalue weighted by Gasteiger charge is 2.50. The number of aliphatic hydroxyl groups is 2. The highest BCUT2D eigenvalue weighted by molar-refractivity contribution is 5.92. The predicted molar refractivity (Wildman–Crippen MR) is 209 cm³/mol. The summed E-state index contributed by atoms with van der Waals surface area (Å²) in [5.74, 6) is 1.67. The summed E-state index contributed by atoms with van der Waals surface area (Å²) in [5.41, 5.74) is 12.2. The Hall–Kier alpha value is -2.85.